The summed E-state index contributed by atoms with van der Waals surface area (Å²) in [6.07, 6.45) is -0.949. The first-order chi connectivity index (χ1) is 14.3. The number of nitrogens with one attached hydrogen (secondary N) is 1. The Morgan fingerprint density at radius 3 is 2.87 bits per heavy atom. The molecule has 1 aromatic heterocycles. The van der Waals surface area contributed by atoms with Gasteiger partial charge in [0.2, 0.25) is 5.91 Å². The van der Waals surface area contributed by atoms with E-state index in [2.05, 4.69) is 26.2 Å². The van der Waals surface area contributed by atoms with Crippen molar-refractivity contribution in [2.45, 2.75) is 32.0 Å². The molecule has 5 nitrogen and oxygen atoms in total. The van der Waals surface area contributed by atoms with Crippen LogP contribution in [0.5, 0.6) is 0 Å². The molecule has 0 bridgehead atoms. The number of amides is 1. The summed E-state index contributed by atoms with van der Waals surface area (Å²) in [6, 6.07) is 9.42. The SMILES string of the molecule is O=C(C1CCCN(CC(F)(F)F)CC1)N1Cc2cccnc2Nc2ccc(Br)cc21. The van der Waals surface area contributed by atoms with Gasteiger partial charge in [0.25, 0.3) is 0 Å². The fraction of sp³-hybridized carbons (Fsp3) is 0.429. The minimum atomic E-state index is -4.22. The van der Waals surface area contributed by atoms with Gasteiger partial charge in [-0.15, -0.1) is 0 Å². The second-order valence-electron chi connectivity index (χ2n) is 7.74. The highest BCUT2D eigenvalue weighted by Gasteiger charge is 2.34. The maximum absolute atomic E-state index is 13.6. The summed E-state index contributed by atoms with van der Waals surface area (Å²) in [7, 11) is 0. The van der Waals surface area contributed by atoms with Crippen LogP contribution >= 0.6 is 15.9 Å². The lowest BCUT2D eigenvalue weighted by molar-refractivity contribution is -0.145. The molecule has 2 aliphatic heterocycles. The van der Waals surface area contributed by atoms with E-state index < -0.39 is 12.7 Å². The van der Waals surface area contributed by atoms with E-state index in [4.69, 9.17) is 0 Å². The highest BCUT2D eigenvalue weighted by atomic mass is 79.9. The number of benzene rings is 1. The Morgan fingerprint density at radius 2 is 2.07 bits per heavy atom. The topological polar surface area (TPSA) is 48.5 Å². The van der Waals surface area contributed by atoms with Gasteiger partial charge in [-0.3, -0.25) is 9.69 Å². The zero-order valence-corrected chi connectivity index (χ0v) is 17.8. The van der Waals surface area contributed by atoms with Crippen LogP contribution in [0.2, 0.25) is 0 Å². The quantitative estimate of drug-likeness (QED) is 0.646. The molecule has 3 heterocycles. The molecule has 1 unspecified atom stereocenters. The van der Waals surface area contributed by atoms with Crippen molar-refractivity contribution in [1.29, 1.82) is 0 Å². The van der Waals surface area contributed by atoms with Gasteiger partial charge in [0.1, 0.15) is 5.82 Å². The van der Waals surface area contributed by atoms with Gasteiger partial charge in [0.15, 0.2) is 0 Å². The van der Waals surface area contributed by atoms with Crippen molar-refractivity contribution in [3.8, 4) is 0 Å². The number of carbonyl (C=O) groups is 1. The number of likely N-dealkylation sites (tertiary alicyclic amines) is 1. The van der Waals surface area contributed by atoms with Crippen LogP contribution in [0.25, 0.3) is 0 Å². The molecule has 0 radical (unpaired) electrons. The molecule has 30 heavy (non-hydrogen) atoms. The van der Waals surface area contributed by atoms with Gasteiger partial charge >= 0.3 is 6.18 Å². The van der Waals surface area contributed by atoms with Gasteiger partial charge in [-0.05, 0) is 56.6 Å². The highest BCUT2D eigenvalue weighted by Crippen LogP contribution is 2.38. The Kier molecular flexibility index (Phi) is 6.02. The summed E-state index contributed by atoms with van der Waals surface area (Å²) >= 11 is 3.48. The van der Waals surface area contributed by atoms with Gasteiger partial charge in [-0.25, -0.2) is 4.98 Å². The number of hydrogen-bond donors (Lipinski definition) is 1. The van der Waals surface area contributed by atoms with Crippen molar-refractivity contribution in [2.75, 3.05) is 29.9 Å². The molecule has 2 aliphatic rings. The standard InChI is InChI=1S/C21H22BrF3N4O/c22-16-5-6-17-18(11-16)29(12-15-3-1-8-26-19(15)27-17)20(30)14-4-2-9-28(10-7-14)13-21(23,24)25/h1,3,5-6,8,11,14H,2,4,7,9-10,12-13H2,(H,26,27). The molecule has 4 rings (SSSR count). The van der Waals surface area contributed by atoms with E-state index >= 15 is 0 Å². The number of hydrogen-bond acceptors (Lipinski definition) is 4. The van der Waals surface area contributed by atoms with Crippen LogP contribution in [0.4, 0.5) is 30.4 Å². The summed E-state index contributed by atoms with van der Waals surface area (Å²) in [4.78, 5) is 21.1. The van der Waals surface area contributed by atoms with Gasteiger partial charge in [0.05, 0.1) is 24.5 Å². The van der Waals surface area contributed by atoms with Crippen LogP contribution in [-0.4, -0.2) is 41.6 Å². The number of carbonyl (C=O) groups excluding carboxylic acids is 1. The van der Waals surface area contributed by atoms with E-state index in [0.29, 0.717) is 38.2 Å². The number of alkyl halides is 3. The van der Waals surface area contributed by atoms with Gasteiger partial charge in [0, 0.05) is 22.2 Å². The molecule has 1 atom stereocenters. The summed E-state index contributed by atoms with van der Waals surface area (Å²) in [5.41, 5.74) is 2.41. The van der Waals surface area contributed by atoms with Gasteiger partial charge in [-0.1, -0.05) is 22.0 Å². The van der Waals surface area contributed by atoms with Gasteiger partial charge in [-0.2, -0.15) is 13.2 Å². The first kappa shape index (κ1) is 21.1. The van der Waals surface area contributed by atoms with E-state index in [1.807, 2.05) is 30.3 Å². The first-order valence-corrected chi connectivity index (χ1v) is 10.7. The molecule has 1 N–H and O–H groups in total. The molecular formula is C21H22BrF3N4O. The third-order valence-corrected chi connectivity index (χ3v) is 6.06. The molecule has 0 spiro atoms. The van der Waals surface area contributed by atoms with E-state index in [-0.39, 0.29) is 18.4 Å². The van der Waals surface area contributed by atoms with E-state index in [1.165, 1.54) is 4.90 Å². The number of nitrogens with zero attached hydrogens (tertiary/aromatic N) is 3. The molecule has 0 saturated carbocycles. The summed E-state index contributed by atoms with van der Waals surface area (Å²) in [6.45, 7) is 0.0722. The van der Waals surface area contributed by atoms with Crippen molar-refractivity contribution < 1.29 is 18.0 Å². The van der Waals surface area contributed by atoms with Gasteiger partial charge < -0.3 is 10.2 Å². The minimum absolute atomic E-state index is 0.0540. The average Bonchev–Trinajstić information content (AvgIpc) is 3.00. The second-order valence-corrected chi connectivity index (χ2v) is 8.66. The maximum Gasteiger partial charge on any atom is 0.401 e. The highest BCUT2D eigenvalue weighted by molar-refractivity contribution is 9.10. The Hall–Kier alpha value is -2.13. The number of pyridine rings is 1. The lowest BCUT2D eigenvalue weighted by Crippen LogP contribution is -2.37. The molecular weight excluding hydrogens is 461 g/mol. The number of halogens is 4. The van der Waals surface area contributed by atoms with Crippen molar-refractivity contribution in [2.24, 2.45) is 5.92 Å². The predicted octanol–water partition coefficient (Wildman–Crippen LogP) is 5.10. The molecule has 0 aliphatic carbocycles. The Morgan fingerprint density at radius 1 is 1.23 bits per heavy atom. The summed E-state index contributed by atoms with van der Waals surface area (Å²) < 4.78 is 39.2. The van der Waals surface area contributed by atoms with Crippen LogP contribution in [0.3, 0.4) is 0 Å². The average molecular weight is 483 g/mol. The monoisotopic (exact) mass is 482 g/mol. The van der Waals surface area contributed by atoms with Crippen molar-refractivity contribution in [3.63, 3.8) is 0 Å². The minimum Gasteiger partial charge on any atom is -0.338 e. The molecule has 1 fully saturated rings. The fourth-order valence-electron chi connectivity index (χ4n) is 4.13. The zero-order chi connectivity index (χ0) is 21.3. The molecule has 1 amide bonds. The number of aromatic nitrogens is 1. The first-order valence-electron chi connectivity index (χ1n) is 9.91. The second kappa shape index (κ2) is 8.55. The van der Waals surface area contributed by atoms with E-state index in [0.717, 1.165) is 21.4 Å². The third kappa shape index (κ3) is 4.78. The fourth-order valence-corrected chi connectivity index (χ4v) is 4.48. The van der Waals surface area contributed by atoms with Crippen molar-refractivity contribution >= 4 is 39.0 Å². The Balaban J connectivity index is 1.59. The normalized spacial score (nSPS) is 19.9. The van der Waals surface area contributed by atoms with Crippen molar-refractivity contribution in [3.05, 3.63) is 46.6 Å². The zero-order valence-electron chi connectivity index (χ0n) is 16.3. The van der Waals surface area contributed by atoms with E-state index in [1.54, 1.807) is 11.1 Å². The largest absolute Gasteiger partial charge is 0.401 e. The van der Waals surface area contributed by atoms with Crippen LogP contribution in [-0.2, 0) is 11.3 Å². The lowest BCUT2D eigenvalue weighted by Gasteiger charge is -2.27. The van der Waals surface area contributed by atoms with Crippen LogP contribution in [0, 0.1) is 5.92 Å². The van der Waals surface area contributed by atoms with Crippen molar-refractivity contribution in [1.82, 2.24) is 9.88 Å². The molecule has 2 aromatic rings. The smallest absolute Gasteiger partial charge is 0.338 e. The third-order valence-electron chi connectivity index (χ3n) is 5.56. The number of rotatable bonds is 2. The molecule has 160 valence electrons. The predicted molar refractivity (Wildman–Crippen MR) is 113 cm³/mol. The summed E-state index contributed by atoms with van der Waals surface area (Å²) in [5, 5.41) is 3.30. The van der Waals surface area contributed by atoms with Crippen LogP contribution < -0.4 is 10.2 Å². The molecule has 1 aromatic carbocycles. The number of fused-ring (bicyclic) bond motifs is 2. The van der Waals surface area contributed by atoms with Crippen LogP contribution in [0.1, 0.15) is 24.8 Å². The lowest BCUT2D eigenvalue weighted by atomic mass is 9.98. The maximum atomic E-state index is 13.6. The molecule has 9 heteroatoms. The van der Waals surface area contributed by atoms with E-state index in [9.17, 15) is 18.0 Å². The Bertz CT molecular complexity index is 937. The Labute approximate surface area is 181 Å². The summed E-state index contributed by atoms with van der Waals surface area (Å²) in [5.74, 6) is 0.337. The van der Waals surface area contributed by atoms with Crippen LogP contribution in [0.15, 0.2) is 41.0 Å². The molecule has 1 saturated heterocycles. The number of anilines is 3.